The number of carbonyl (C=O) groups is 1. The normalized spacial score (nSPS) is 20.1. The number of halogens is 1. The van der Waals surface area contributed by atoms with Gasteiger partial charge in [0.05, 0.1) is 23.3 Å². The Morgan fingerprint density at radius 1 is 1.19 bits per heavy atom. The summed E-state index contributed by atoms with van der Waals surface area (Å²) in [4.78, 5) is 17.7. The van der Waals surface area contributed by atoms with E-state index in [1.165, 1.54) is 0 Å². The molecule has 1 amide bonds. The Labute approximate surface area is 211 Å². The van der Waals surface area contributed by atoms with Crippen LogP contribution in [0.25, 0.3) is 0 Å². The lowest BCUT2D eigenvalue weighted by Gasteiger charge is -2.38. The van der Waals surface area contributed by atoms with Crippen molar-refractivity contribution in [3.63, 3.8) is 0 Å². The fraction of sp³-hybridized carbons (Fsp3) is 0.444. The summed E-state index contributed by atoms with van der Waals surface area (Å²) in [6, 6.07) is 12.8. The standard InChI is InChI=1S/C27H35FN6O2/c1-18-7-5-9-21(24(18)28)36-20-11-14-27(15-12-20,25(35)33-29)17-19-8-6-10-22(31-19)32-23-13-16-30-34(23)26(2,3)4/h5-10,13,16,20H,11-12,14-15,17,29H2,1-4H3,(H,31,32)(H,33,35). The van der Waals surface area contributed by atoms with Crippen molar-refractivity contribution in [3.05, 3.63) is 65.7 Å². The highest BCUT2D eigenvalue weighted by Gasteiger charge is 2.42. The van der Waals surface area contributed by atoms with Crippen LogP contribution < -0.4 is 21.3 Å². The molecule has 1 aliphatic rings. The molecule has 0 spiro atoms. The van der Waals surface area contributed by atoms with Crippen molar-refractivity contribution in [2.75, 3.05) is 5.32 Å². The molecule has 8 nitrogen and oxygen atoms in total. The van der Waals surface area contributed by atoms with Gasteiger partial charge in [-0.1, -0.05) is 18.2 Å². The first-order valence-electron chi connectivity index (χ1n) is 12.3. The summed E-state index contributed by atoms with van der Waals surface area (Å²) in [6.45, 7) is 7.96. The SMILES string of the molecule is Cc1cccc(OC2CCC(Cc3cccc(Nc4ccnn4C(C)(C)C)n3)(C(=O)NN)CC2)c1F. The number of ether oxygens (including phenoxy) is 1. The number of amides is 1. The van der Waals surface area contributed by atoms with Crippen LogP contribution in [0, 0.1) is 18.2 Å². The second-order valence-corrected chi connectivity index (χ2v) is 10.6. The van der Waals surface area contributed by atoms with Crippen LogP contribution in [-0.2, 0) is 16.8 Å². The number of pyridine rings is 1. The van der Waals surface area contributed by atoms with Crippen LogP contribution in [0.15, 0.2) is 48.7 Å². The van der Waals surface area contributed by atoms with Gasteiger partial charge >= 0.3 is 0 Å². The second-order valence-electron chi connectivity index (χ2n) is 10.6. The maximum absolute atomic E-state index is 14.4. The second kappa shape index (κ2) is 10.3. The van der Waals surface area contributed by atoms with Gasteiger partial charge in [0.2, 0.25) is 5.91 Å². The molecule has 3 aromatic rings. The number of rotatable bonds is 7. The number of hydrogen-bond donors (Lipinski definition) is 3. The minimum absolute atomic E-state index is 0.168. The molecule has 4 N–H and O–H groups in total. The van der Waals surface area contributed by atoms with E-state index in [4.69, 9.17) is 15.6 Å². The van der Waals surface area contributed by atoms with Gasteiger partial charge in [-0.25, -0.2) is 19.9 Å². The summed E-state index contributed by atoms with van der Waals surface area (Å²) in [5.74, 6) is 6.81. The first-order valence-corrected chi connectivity index (χ1v) is 12.3. The van der Waals surface area contributed by atoms with Gasteiger partial charge in [-0.2, -0.15) is 5.10 Å². The molecule has 2 heterocycles. The molecule has 0 aliphatic heterocycles. The van der Waals surface area contributed by atoms with Gasteiger partial charge in [-0.05, 0) is 77.1 Å². The third-order valence-electron chi connectivity index (χ3n) is 6.81. The molecule has 192 valence electrons. The van der Waals surface area contributed by atoms with Crippen molar-refractivity contribution in [1.82, 2.24) is 20.2 Å². The summed E-state index contributed by atoms with van der Waals surface area (Å²) in [6.07, 6.45) is 4.37. The molecule has 36 heavy (non-hydrogen) atoms. The van der Waals surface area contributed by atoms with Crippen molar-refractivity contribution in [2.24, 2.45) is 11.3 Å². The van der Waals surface area contributed by atoms with E-state index in [1.807, 2.05) is 28.9 Å². The first-order chi connectivity index (χ1) is 17.1. The van der Waals surface area contributed by atoms with Crippen LogP contribution in [0.2, 0.25) is 0 Å². The number of benzene rings is 1. The fourth-order valence-electron chi connectivity index (χ4n) is 4.85. The van der Waals surface area contributed by atoms with Gasteiger partial charge in [0.1, 0.15) is 11.6 Å². The number of nitrogens with two attached hydrogens (primary N) is 1. The quantitative estimate of drug-likeness (QED) is 0.248. The third-order valence-corrected chi connectivity index (χ3v) is 6.81. The van der Waals surface area contributed by atoms with Gasteiger partial charge in [0, 0.05) is 18.2 Å². The zero-order valence-electron chi connectivity index (χ0n) is 21.3. The molecule has 4 rings (SSSR count). The smallest absolute Gasteiger partial charge is 0.240 e. The lowest BCUT2D eigenvalue weighted by Crippen LogP contribution is -2.48. The van der Waals surface area contributed by atoms with Crippen molar-refractivity contribution in [2.45, 2.75) is 71.4 Å². The Kier molecular flexibility index (Phi) is 7.31. The number of anilines is 2. The molecule has 1 aliphatic carbocycles. The van der Waals surface area contributed by atoms with Crippen LogP contribution in [0.1, 0.15) is 57.7 Å². The number of hydrazine groups is 1. The highest BCUT2D eigenvalue weighted by Crippen LogP contribution is 2.41. The summed E-state index contributed by atoms with van der Waals surface area (Å²) in [5.41, 5.74) is 2.79. The highest BCUT2D eigenvalue weighted by molar-refractivity contribution is 5.82. The van der Waals surface area contributed by atoms with Crippen LogP contribution in [0.3, 0.4) is 0 Å². The fourth-order valence-corrected chi connectivity index (χ4v) is 4.85. The zero-order chi connectivity index (χ0) is 25.9. The van der Waals surface area contributed by atoms with Gasteiger partial charge in [-0.3, -0.25) is 10.2 Å². The molecular weight excluding hydrogens is 459 g/mol. The molecule has 0 unspecified atom stereocenters. The minimum Gasteiger partial charge on any atom is -0.487 e. The Balaban J connectivity index is 1.48. The van der Waals surface area contributed by atoms with Crippen LogP contribution in [0.5, 0.6) is 5.75 Å². The maximum Gasteiger partial charge on any atom is 0.240 e. The predicted octanol–water partition coefficient (Wildman–Crippen LogP) is 4.76. The predicted molar refractivity (Wildman–Crippen MR) is 137 cm³/mol. The van der Waals surface area contributed by atoms with E-state index >= 15 is 0 Å². The number of nitrogens with zero attached hydrogens (tertiary/aromatic N) is 3. The van der Waals surface area contributed by atoms with E-state index in [0.717, 1.165) is 11.5 Å². The van der Waals surface area contributed by atoms with Gasteiger partial charge in [-0.15, -0.1) is 0 Å². The molecule has 0 bridgehead atoms. The number of aryl methyl sites for hydroxylation is 1. The average Bonchev–Trinajstić information content (AvgIpc) is 3.32. The Bertz CT molecular complexity index is 1210. The van der Waals surface area contributed by atoms with Crippen molar-refractivity contribution >= 4 is 17.5 Å². The minimum atomic E-state index is -0.710. The monoisotopic (exact) mass is 494 g/mol. The number of carbonyl (C=O) groups excluding carboxylic acids is 1. The number of nitrogens with one attached hydrogen (secondary N) is 2. The molecule has 1 aromatic carbocycles. The van der Waals surface area contributed by atoms with E-state index in [-0.39, 0.29) is 29.1 Å². The summed E-state index contributed by atoms with van der Waals surface area (Å²) in [5, 5.41) is 7.76. The molecule has 9 heteroatoms. The molecule has 1 fully saturated rings. The highest BCUT2D eigenvalue weighted by atomic mass is 19.1. The molecule has 0 saturated heterocycles. The van der Waals surface area contributed by atoms with Gasteiger partial charge < -0.3 is 10.1 Å². The van der Waals surface area contributed by atoms with Gasteiger partial charge in [0.25, 0.3) is 0 Å². The average molecular weight is 495 g/mol. The lowest BCUT2D eigenvalue weighted by molar-refractivity contribution is -0.134. The Morgan fingerprint density at radius 3 is 2.61 bits per heavy atom. The number of aromatic nitrogens is 3. The largest absolute Gasteiger partial charge is 0.487 e. The van der Waals surface area contributed by atoms with E-state index in [0.29, 0.717) is 43.5 Å². The van der Waals surface area contributed by atoms with Crippen molar-refractivity contribution < 1.29 is 13.9 Å². The van der Waals surface area contributed by atoms with Crippen LogP contribution in [0.4, 0.5) is 16.0 Å². The van der Waals surface area contributed by atoms with Crippen molar-refractivity contribution in [3.8, 4) is 5.75 Å². The molecule has 1 saturated carbocycles. The van der Waals surface area contributed by atoms with E-state index in [1.54, 1.807) is 31.3 Å². The van der Waals surface area contributed by atoms with Crippen LogP contribution in [-0.4, -0.2) is 26.8 Å². The number of hydrogen-bond acceptors (Lipinski definition) is 6. The molecule has 0 atom stereocenters. The summed E-state index contributed by atoms with van der Waals surface area (Å²) >= 11 is 0. The van der Waals surface area contributed by atoms with Crippen molar-refractivity contribution in [1.29, 1.82) is 0 Å². The van der Waals surface area contributed by atoms with Gasteiger partial charge in [0.15, 0.2) is 11.6 Å². The molecule has 0 radical (unpaired) electrons. The molecule has 2 aromatic heterocycles. The Morgan fingerprint density at radius 2 is 1.92 bits per heavy atom. The summed E-state index contributed by atoms with van der Waals surface area (Å²) < 4.78 is 22.3. The lowest BCUT2D eigenvalue weighted by atomic mass is 9.69. The molecular formula is C27H35FN6O2. The topological polar surface area (TPSA) is 107 Å². The van der Waals surface area contributed by atoms with E-state index in [9.17, 15) is 9.18 Å². The van der Waals surface area contributed by atoms with E-state index < -0.39 is 5.41 Å². The van der Waals surface area contributed by atoms with Crippen LogP contribution >= 0.6 is 0 Å². The van der Waals surface area contributed by atoms with E-state index in [2.05, 4.69) is 36.6 Å². The summed E-state index contributed by atoms with van der Waals surface area (Å²) in [7, 11) is 0. The third kappa shape index (κ3) is 5.51. The first kappa shape index (κ1) is 25.6. The Hall–Kier alpha value is -3.46. The zero-order valence-corrected chi connectivity index (χ0v) is 21.3. The maximum atomic E-state index is 14.4.